The molecule has 0 saturated carbocycles. The molecule has 0 bridgehead atoms. The number of hydrogen-bond acceptors (Lipinski definition) is 2. The Morgan fingerprint density at radius 3 is 2.58 bits per heavy atom. The third-order valence-electron chi connectivity index (χ3n) is 2.93. The van der Waals surface area contributed by atoms with E-state index < -0.39 is 11.9 Å². The number of nitrogens with one attached hydrogen (secondary N) is 2. The Morgan fingerprint density at radius 2 is 1.95 bits per heavy atom. The molecule has 3 rings (SSSR count). The Labute approximate surface area is 105 Å². The van der Waals surface area contributed by atoms with Crippen molar-refractivity contribution in [3.05, 3.63) is 36.2 Å². The Balaban J connectivity index is 2.27. The molecule has 2 aromatic heterocycles. The van der Waals surface area contributed by atoms with Crippen molar-refractivity contribution >= 4 is 16.7 Å². The number of halogens is 3. The number of rotatable bonds is 1. The molecule has 0 aliphatic heterocycles. The summed E-state index contributed by atoms with van der Waals surface area (Å²) in [4.78, 5) is 2.36. The van der Waals surface area contributed by atoms with E-state index in [2.05, 4.69) is 15.2 Å². The smallest absolute Gasteiger partial charge is 0.384 e. The molecule has 0 atom stereocenters. The highest BCUT2D eigenvalue weighted by atomic mass is 19.4. The van der Waals surface area contributed by atoms with E-state index in [0.717, 1.165) is 6.07 Å². The van der Waals surface area contributed by atoms with Gasteiger partial charge in [-0.15, -0.1) is 0 Å². The predicted octanol–water partition coefficient (Wildman–Crippen LogP) is 3.16. The van der Waals surface area contributed by atoms with Gasteiger partial charge in [-0.3, -0.25) is 5.10 Å². The lowest BCUT2D eigenvalue weighted by Crippen LogP contribution is -2.04. The zero-order valence-electron chi connectivity index (χ0n) is 9.55. The molecule has 0 saturated heterocycles. The van der Waals surface area contributed by atoms with Crippen molar-refractivity contribution in [3.8, 4) is 11.1 Å². The van der Waals surface area contributed by atoms with Crippen molar-refractivity contribution in [3.63, 3.8) is 0 Å². The van der Waals surface area contributed by atoms with Gasteiger partial charge in [0.2, 0.25) is 0 Å². The molecule has 19 heavy (non-hydrogen) atoms. The van der Waals surface area contributed by atoms with Gasteiger partial charge in [-0.2, -0.15) is 18.3 Å². The van der Waals surface area contributed by atoms with Gasteiger partial charge in [0, 0.05) is 16.5 Å². The molecule has 1 aromatic carbocycles. The van der Waals surface area contributed by atoms with Gasteiger partial charge in [-0.1, -0.05) is 12.1 Å². The van der Waals surface area contributed by atoms with Gasteiger partial charge in [0.1, 0.15) is 11.5 Å². The summed E-state index contributed by atoms with van der Waals surface area (Å²) >= 11 is 0. The lowest BCUT2D eigenvalue weighted by Gasteiger charge is -2.01. The molecule has 0 spiro atoms. The molecule has 4 nitrogen and oxygen atoms in total. The summed E-state index contributed by atoms with van der Waals surface area (Å²) < 4.78 is 38.1. The molecular weight excluding hydrogens is 257 g/mol. The maximum atomic E-state index is 12.7. The average Bonchev–Trinajstić information content (AvgIpc) is 2.93. The molecule has 0 aliphatic carbocycles. The van der Waals surface area contributed by atoms with Crippen molar-refractivity contribution in [1.82, 2.24) is 15.2 Å². The third kappa shape index (κ3) is 1.83. The Morgan fingerprint density at radius 1 is 1.16 bits per heavy atom. The first-order valence-corrected chi connectivity index (χ1v) is 5.45. The van der Waals surface area contributed by atoms with Gasteiger partial charge in [-0.25, -0.2) is 0 Å². The summed E-state index contributed by atoms with van der Waals surface area (Å²) in [6.07, 6.45) is -2.91. The van der Waals surface area contributed by atoms with E-state index in [1.165, 1.54) is 6.20 Å². The number of H-pyrrole nitrogens is 2. The largest absolute Gasteiger partial charge is 0.431 e. The van der Waals surface area contributed by atoms with Crippen LogP contribution in [0.1, 0.15) is 5.69 Å². The monoisotopic (exact) mass is 266 g/mol. The fourth-order valence-electron chi connectivity index (χ4n) is 2.05. The molecule has 0 fully saturated rings. The fourth-order valence-corrected chi connectivity index (χ4v) is 2.05. The van der Waals surface area contributed by atoms with Gasteiger partial charge < -0.3 is 10.7 Å². The second-order valence-corrected chi connectivity index (χ2v) is 4.14. The number of benzene rings is 1. The number of nitrogen functional groups attached to an aromatic ring is 1. The summed E-state index contributed by atoms with van der Waals surface area (Å²) in [5.41, 5.74) is 6.52. The van der Waals surface area contributed by atoms with E-state index in [0.29, 0.717) is 27.8 Å². The highest BCUT2D eigenvalue weighted by molar-refractivity contribution is 5.97. The van der Waals surface area contributed by atoms with Crippen molar-refractivity contribution < 1.29 is 13.2 Å². The maximum Gasteiger partial charge on any atom is 0.431 e. The lowest BCUT2D eigenvalue weighted by molar-refractivity contribution is -0.140. The number of aromatic amines is 2. The fraction of sp³-hybridized carbons (Fsp3) is 0.0833. The van der Waals surface area contributed by atoms with Crippen LogP contribution in [0.25, 0.3) is 22.0 Å². The van der Waals surface area contributed by atoms with Crippen LogP contribution in [0, 0.1) is 0 Å². The highest BCUT2D eigenvalue weighted by Crippen LogP contribution is 2.36. The van der Waals surface area contributed by atoms with Crippen LogP contribution in [0.4, 0.5) is 19.0 Å². The van der Waals surface area contributed by atoms with E-state index in [4.69, 9.17) is 5.73 Å². The van der Waals surface area contributed by atoms with Crippen LogP contribution in [0.2, 0.25) is 0 Å². The molecule has 3 aromatic rings. The van der Waals surface area contributed by atoms with Gasteiger partial charge in [0.25, 0.3) is 0 Å². The molecular formula is C12H9F3N4. The van der Waals surface area contributed by atoms with Gasteiger partial charge in [0.05, 0.1) is 6.20 Å². The van der Waals surface area contributed by atoms with Gasteiger partial charge in [-0.05, 0) is 17.7 Å². The van der Waals surface area contributed by atoms with Crippen molar-refractivity contribution in [1.29, 1.82) is 0 Å². The lowest BCUT2D eigenvalue weighted by atomic mass is 10.0. The zero-order valence-corrected chi connectivity index (χ0v) is 9.55. The van der Waals surface area contributed by atoms with Gasteiger partial charge >= 0.3 is 6.18 Å². The van der Waals surface area contributed by atoms with Crippen LogP contribution in [-0.4, -0.2) is 15.2 Å². The standard InChI is InChI=1S/C12H9F3N4/c13-12(14,15)10-4-7-6(2-1-3-9(7)18-10)8-5-17-19-11(8)16/h1-5,18H,(H3,16,17,19). The van der Waals surface area contributed by atoms with Crippen LogP contribution in [0.5, 0.6) is 0 Å². The second kappa shape index (κ2) is 3.78. The molecule has 98 valence electrons. The molecule has 4 N–H and O–H groups in total. The summed E-state index contributed by atoms with van der Waals surface area (Å²) in [5, 5.41) is 6.80. The molecule has 0 amide bonds. The van der Waals surface area contributed by atoms with E-state index in [9.17, 15) is 13.2 Å². The molecule has 0 radical (unpaired) electrons. The van der Waals surface area contributed by atoms with Crippen molar-refractivity contribution in [2.45, 2.75) is 6.18 Å². The summed E-state index contributed by atoms with van der Waals surface area (Å²) in [7, 11) is 0. The minimum Gasteiger partial charge on any atom is -0.384 e. The zero-order chi connectivity index (χ0) is 13.6. The highest BCUT2D eigenvalue weighted by Gasteiger charge is 2.32. The number of anilines is 1. The predicted molar refractivity (Wildman–Crippen MR) is 65.3 cm³/mol. The quantitative estimate of drug-likeness (QED) is 0.633. The number of fused-ring (bicyclic) bond motifs is 1. The molecule has 7 heteroatoms. The van der Waals surface area contributed by atoms with E-state index in [1.807, 2.05) is 0 Å². The SMILES string of the molecule is Nc1[nH]ncc1-c1cccc2[nH]c(C(F)(F)F)cc12. The van der Waals surface area contributed by atoms with Crippen LogP contribution in [0.3, 0.4) is 0 Å². The summed E-state index contributed by atoms with van der Waals surface area (Å²) in [6.45, 7) is 0. The summed E-state index contributed by atoms with van der Waals surface area (Å²) in [6, 6.07) is 6.04. The van der Waals surface area contributed by atoms with Crippen LogP contribution in [-0.2, 0) is 6.18 Å². The van der Waals surface area contributed by atoms with Crippen molar-refractivity contribution in [2.24, 2.45) is 0 Å². The topological polar surface area (TPSA) is 70.5 Å². The van der Waals surface area contributed by atoms with Crippen molar-refractivity contribution in [2.75, 3.05) is 5.73 Å². The van der Waals surface area contributed by atoms with E-state index in [-0.39, 0.29) is 0 Å². The van der Waals surface area contributed by atoms with Crippen LogP contribution >= 0.6 is 0 Å². The molecule has 0 unspecified atom stereocenters. The van der Waals surface area contributed by atoms with Gasteiger partial charge in [0.15, 0.2) is 0 Å². The van der Waals surface area contributed by atoms with Crippen LogP contribution in [0.15, 0.2) is 30.5 Å². The Hall–Kier alpha value is -2.44. The minimum absolute atomic E-state index is 0.322. The third-order valence-corrected chi connectivity index (χ3v) is 2.93. The van der Waals surface area contributed by atoms with Crippen LogP contribution < -0.4 is 5.73 Å². The Kier molecular flexibility index (Phi) is 2.31. The first-order valence-electron chi connectivity index (χ1n) is 5.45. The minimum atomic E-state index is -4.40. The number of nitrogens with two attached hydrogens (primary N) is 1. The molecule has 0 aliphatic rings. The Bertz CT molecular complexity index is 739. The maximum absolute atomic E-state index is 12.7. The summed E-state index contributed by atoms with van der Waals surface area (Å²) in [5.74, 6) is 0.322. The number of nitrogens with zero attached hydrogens (tertiary/aromatic N) is 1. The second-order valence-electron chi connectivity index (χ2n) is 4.14. The number of hydrogen-bond donors (Lipinski definition) is 3. The normalized spacial score (nSPS) is 12.2. The van der Waals surface area contributed by atoms with E-state index in [1.54, 1.807) is 18.2 Å². The average molecular weight is 266 g/mol. The molecule has 2 heterocycles. The number of alkyl halides is 3. The number of aromatic nitrogens is 3. The van der Waals surface area contributed by atoms with E-state index >= 15 is 0 Å². The first kappa shape index (κ1) is 11.6. The first-order chi connectivity index (χ1) is 8.97.